The quantitative estimate of drug-likeness (QED) is 0.918. The molecule has 1 N–H and O–H groups in total. The van der Waals surface area contributed by atoms with Gasteiger partial charge in [0.1, 0.15) is 11.3 Å². The van der Waals surface area contributed by atoms with E-state index in [0.717, 1.165) is 54.9 Å². The number of aromatic nitrogens is 4. The van der Waals surface area contributed by atoms with Gasteiger partial charge in [-0.3, -0.25) is 0 Å². The molecule has 1 atom stereocenters. The van der Waals surface area contributed by atoms with E-state index in [4.69, 9.17) is 9.72 Å². The Bertz CT molecular complexity index is 621. The van der Waals surface area contributed by atoms with Gasteiger partial charge >= 0.3 is 0 Å². The predicted octanol–water partition coefficient (Wildman–Crippen LogP) is 1.53. The molecule has 4 rings (SSSR count). The van der Waals surface area contributed by atoms with Gasteiger partial charge in [0.05, 0.1) is 25.6 Å². The molecule has 106 valence electrons. The Morgan fingerprint density at radius 3 is 3.10 bits per heavy atom. The molecule has 0 radical (unpaired) electrons. The molecule has 0 amide bonds. The van der Waals surface area contributed by atoms with Crippen molar-refractivity contribution < 1.29 is 4.74 Å². The highest BCUT2D eigenvalue weighted by atomic mass is 16.5. The van der Waals surface area contributed by atoms with Crippen LogP contribution in [0.25, 0.3) is 11.2 Å². The van der Waals surface area contributed by atoms with Crippen molar-refractivity contribution in [3.05, 3.63) is 12.2 Å². The second-order valence-corrected chi connectivity index (χ2v) is 5.83. The topological polar surface area (TPSA) is 66.9 Å². The molecular weight excluding hydrogens is 254 g/mol. The van der Waals surface area contributed by atoms with Crippen LogP contribution < -0.4 is 4.90 Å². The smallest absolute Gasteiger partial charge is 0.183 e. The maximum Gasteiger partial charge on any atom is 0.183 e. The van der Waals surface area contributed by atoms with Crippen LogP contribution in [-0.4, -0.2) is 45.7 Å². The Labute approximate surface area is 117 Å². The summed E-state index contributed by atoms with van der Waals surface area (Å²) in [5.41, 5.74) is 1.72. The third-order valence-corrected chi connectivity index (χ3v) is 4.12. The summed E-state index contributed by atoms with van der Waals surface area (Å²) in [6.07, 6.45) is 5.31. The van der Waals surface area contributed by atoms with Crippen molar-refractivity contribution in [2.75, 3.05) is 24.7 Å². The number of hydrogen-bond acceptors (Lipinski definition) is 5. The normalized spacial score (nSPS) is 23.4. The number of imidazole rings is 1. The maximum atomic E-state index is 5.52. The molecular formula is C14H19N5O. The van der Waals surface area contributed by atoms with Crippen LogP contribution in [-0.2, 0) is 11.2 Å². The van der Waals surface area contributed by atoms with Crippen LogP contribution in [0.15, 0.2) is 6.33 Å². The van der Waals surface area contributed by atoms with E-state index in [1.54, 1.807) is 6.33 Å². The molecule has 20 heavy (non-hydrogen) atoms. The molecule has 0 bridgehead atoms. The summed E-state index contributed by atoms with van der Waals surface area (Å²) in [6.45, 7) is 4.54. The molecule has 3 heterocycles. The molecule has 2 aliphatic rings. The van der Waals surface area contributed by atoms with Gasteiger partial charge in [-0.15, -0.1) is 0 Å². The molecule has 1 saturated heterocycles. The highest BCUT2D eigenvalue weighted by Crippen LogP contribution is 2.33. The Balaban J connectivity index is 1.76. The van der Waals surface area contributed by atoms with Gasteiger partial charge in [0.2, 0.25) is 0 Å². The van der Waals surface area contributed by atoms with Crippen LogP contribution in [0, 0.1) is 5.92 Å². The molecule has 0 spiro atoms. The molecule has 1 aliphatic heterocycles. The molecule has 2 aromatic heterocycles. The number of fused-ring (bicyclic) bond motifs is 1. The van der Waals surface area contributed by atoms with Crippen molar-refractivity contribution in [3.63, 3.8) is 0 Å². The van der Waals surface area contributed by atoms with Gasteiger partial charge in [-0.25, -0.2) is 15.0 Å². The van der Waals surface area contributed by atoms with Crippen molar-refractivity contribution in [1.82, 2.24) is 19.9 Å². The van der Waals surface area contributed by atoms with E-state index in [9.17, 15) is 0 Å². The molecule has 2 aromatic rings. The summed E-state index contributed by atoms with van der Waals surface area (Å²) >= 11 is 0. The minimum absolute atomic E-state index is 0.332. The molecule has 6 heteroatoms. The first-order chi connectivity index (χ1) is 9.81. The van der Waals surface area contributed by atoms with Crippen LogP contribution in [0.3, 0.4) is 0 Å². The van der Waals surface area contributed by atoms with E-state index < -0.39 is 0 Å². The van der Waals surface area contributed by atoms with Gasteiger partial charge in [0.15, 0.2) is 11.5 Å². The maximum absolute atomic E-state index is 5.52. The SMILES string of the molecule is C[C@H]1COCCN1c1nc(CC2CC2)nc2nc[nH]c12. The molecule has 1 aliphatic carbocycles. The minimum Gasteiger partial charge on any atom is -0.377 e. The zero-order valence-electron chi connectivity index (χ0n) is 11.7. The molecule has 1 saturated carbocycles. The average molecular weight is 273 g/mol. The standard InChI is InChI=1S/C14H19N5O/c1-9-7-20-5-4-19(9)14-12-13(16-8-15-12)17-11(18-14)6-10-2-3-10/h8-10H,2-7H2,1H3,(H,15,16,17,18)/t9-/m0/s1. The molecule has 0 aromatic carbocycles. The number of morpholine rings is 1. The van der Waals surface area contributed by atoms with Crippen LogP contribution in [0.1, 0.15) is 25.6 Å². The first kappa shape index (κ1) is 12.1. The minimum atomic E-state index is 0.332. The second kappa shape index (κ2) is 4.70. The fraction of sp³-hybridized carbons (Fsp3) is 0.643. The van der Waals surface area contributed by atoms with Gasteiger partial charge in [-0.05, 0) is 25.7 Å². The van der Waals surface area contributed by atoms with E-state index in [1.807, 2.05) is 0 Å². The van der Waals surface area contributed by atoms with Crippen LogP contribution in [0.2, 0.25) is 0 Å². The van der Waals surface area contributed by atoms with Crippen molar-refractivity contribution in [3.8, 4) is 0 Å². The van der Waals surface area contributed by atoms with Crippen molar-refractivity contribution >= 4 is 17.0 Å². The fourth-order valence-corrected chi connectivity index (χ4v) is 2.78. The van der Waals surface area contributed by atoms with E-state index in [2.05, 4.69) is 26.8 Å². The van der Waals surface area contributed by atoms with Gasteiger partial charge in [0, 0.05) is 13.0 Å². The lowest BCUT2D eigenvalue weighted by Crippen LogP contribution is -2.44. The van der Waals surface area contributed by atoms with E-state index in [-0.39, 0.29) is 0 Å². The lowest BCUT2D eigenvalue weighted by Gasteiger charge is -2.34. The number of nitrogens with one attached hydrogen (secondary N) is 1. The third-order valence-electron chi connectivity index (χ3n) is 4.12. The monoisotopic (exact) mass is 273 g/mol. The van der Waals surface area contributed by atoms with E-state index in [0.29, 0.717) is 6.04 Å². The lowest BCUT2D eigenvalue weighted by atomic mass is 10.2. The summed E-state index contributed by atoms with van der Waals surface area (Å²) in [6, 6.07) is 0.332. The lowest BCUT2D eigenvalue weighted by molar-refractivity contribution is 0.0986. The number of anilines is 1. The summed E-state index contributed by atoms with van der Waals surface area (Å²) < 4.78 is 5.52. The van der Waals surface area contributed by atoms with Crippen LogP contribution in [0.5, 0.6) is 0 Å². The van der Waals surface area contributed by atoms with Crippen molar-refractivity contribution in [1.29, 1.82) is 0 Å². The summed E-state index contributed by atoms with van der Waals surface area (Å²) in [5.74, 6) is 2.70. The van der Waals surface area contributed by atoms with E-state index >= 15 is 0 Å². The number of nitrogens with zero attached hydrogens (tertiary/aromatic N) is 4. The van der Waals surface area contributed by atoms with Gasteiger partial charge in [0.25, 0.3) is 0 Å². The first-order valence-corrected chi connectivity index (χ1v) is 7.35. The summed E-state index contributed by atoms with van der Waals surface area (Å²) in [4.78, 5) is 19.2. The summed E-state index contributed by atoms with van der Waals surface area (Å²) in [7, 11) is 0. The number of aromatic amines is 1. The molecule has 2 fully saturated rings. The van der Waals surface area contributed by atoms with Gasteiger partial charge < -0.3 is 14.6 Å². The zero-order valence-corrected chi connectivity index (χ0v) is 11.7. The van der Waals surface area contributed by atoms with Gasteiger partial charge in [-0.1, -0.05) is 0 Å². The highest BCUT2D eigenvalue weighted by Gasteiger charge is 2.27. The van der Waals surface area contributed by atoms with Gasteiger partial charge in [-0.2, -0.15) is 0 Å². The van der Waals surface area contributed by atoms with Crippen LogP contribution >= 0.6 is 0 Å². The average Bonchev–Trinajstić information content (AvgIpc) is 3.13. The number of ether oxygens (including phenoxy) is 1. The number of H-pyrrole nitrogens is 1. The Hall–Kier alpha value is -1.69. The van der Waals surface area contributed by atoms with Crippen LogP contribution in [0.4, 0.5) is 5.82 Å². The second-order valence-electron chi connectivity index (χ2n) is 5.83. The Morgan fingerprint density at radius 1 is 1.40 bits per heavy atom. The predicted molar refractivity (Wildman–Crippen MR) is 75.7 cm³/mol. The molecule has 0 unspecified atom stereocenters. The first-order valence-electron chi connectivity index (χ1n) is 7.35. The Morgan fingerprint density at radius 2 is 2.30 bits per heavy atom. The third kappa shape index (κ3) is 2.14. The van der Waals surface area contributed by atoms with Crippen molar-refractivity contribution in [2.24, 2.45) is 5.92 Å². The Kier molecular flexibility index (Phi) is 2.84. The highest BCUT2D eigenvalue weighted by molar-refractivity contribution is 5.83. The zero-order chi connectivity index (χ0) is 13.5. The van der Waals surface area contributed by atoms with Crippen molar-refractivity contribution in [2.45, 2.75) is 32.2 Å². The summed E-state index contributed by atoms with van der Waals surface area (Å²) in [5, 5.41) is 0. The number of rotatable bonds is 3. The fourth-order valence-electron chi connectivity index (χ4n) is 2.78. The van der Waals surface area contributed by atoms with E-state index in [1.165, 1.54) is 12.8 Å². The largest absolute Gasteiger partial charge is 0.377 e. The number of hydrogen-bond donors (Lipinski definition) is 1. The molecule has 6 nitrogen and oxygen atoms in total.